The van der Waals surface area contributed by atoms with Gasteiger partial charge < -0.3 is 10.0 Å². The van der Waals surface area contributed by atoms with Crippen LogP contribution < -0.4 is 0 Å². The third kappa shape index (κ3) is 2.54. The van der Waals surface area contributed by atoms with E-state index < -0.39 is 11.9 Å². The molecule has 0 radical (unpaired) electrons. The Bertz CT molecular complexity index is 509. The average Bonchev–Trinajstić information content (AvgIpc) is 2.81. The number of carboxylic acids is 1. The molecule has 6 nitrogen and oxygen atoms in total. The lowest BCUT2D eigenvalue weighted by Gasteiger charge is -2.16. The molecule has 1 aromatic rings. The Kier molecular flexibility index (Phi) is 3.68. The summed E-state index contributed by atoms with van der Waals surface area (Å²) >= 11 is 11.4. The van der Waals surface area contributed by atoms with Crippen LogP contribution in [0.4, 0.5) is 0 Å². The Hall–Kier alpha value is -1.40. The summed E-state index contributed by atoms with van der Waals surface area (Å²) < 4.78 is 0. The highest BCUT2D eigenvalue weighted by molar-refractivity contribution is 6.34. The number of hydrogen-bond donors (Lipinski definition) is 1. The predicted molar refractivity (Wildman–Crippen MR) is 63.7 cm³/mol. The van der Waals surface area contributed by atoms with Crippen molar-refractivity contribution in [3.8, 4) is 0 Å². The maximum absolute atomic E-state index is 12.1. The maximum Gasteiger partial charge on any atom is 0.308 e. The molecule has 1 atom stereocenters. The standard InChI is InChI=1S/C10H9Cl2N3O3/c11-7-3-6(8(12)14-13-7)9(16)15-2-1-5(4-15)10(17)18/h3,5H,1-2,4H2,(H,17,18). The Morgan fingerprint density at radius 1 is 1.39 bits per heavy atom. The molecule has 1 aromatic heterocycles. The number of carboxylic acid groups (broad SMARTS) is 1. The monoisotopic (exact) mass is 289 g/mol. The highest BCUT2D eigenvalue weighted by atomic mass is 35.5. The molecular formula is C10H9Cl2N3O3. The van der Waals surface area contributed by atoms with Crippen molar-refractivity contribution >= 4 is 35.1 Å². The lowest BCUT2D eigenvalue weighted by atomic mass is 10.1. The smallest absolute Gasteiger partial charge is 0.308 e. The molecule has 2 heterocycles. The average molecular weight is 290 g/mol. The summed E-state index contributed by atoms with van der Waals surface area (Å²) in [6, 6.07) is 1.33. The van der Waals surface area contributed by atoms with E-state index in [0.717, 1.165) is 0 Å². The summed E-state index contributed by atoms with van der Waals surface area (Å²) in [5.41, 5.74) is 0.141. The van der Waals surface area contributed by atoms with Crippen molar-refractivity contribution in [1.82, 2.24) is 15.1 Å². The Labute approximate surface area is 113 Å². The lowest BCUT2D eigenvalue weighted by Crippen LogP contribution is -2.30. The molecular weight excluding hydrogens is 281 g/mol. The van der Waals surface area contributed by atoms with E-state index in [9.17, 15) is 9.59 Å². The van der Waals surface area contributed by atoms with Crippen molar-refractivity contribution in [2.24, 2.45) is 5.92 Å². The van der Waals surface area contributed by atoms with Gasteiger partial charge in [-0.2, -0.15) is 0 Å². The molecule has 1 amide bonds. The first-order chi connectivity index (χ1) is 8.49. The van der Waals surface area contributed by atoms with Crippen molar-refractivity contribution in [3.63, 3.8) is 0 Å². The van der Waals surface area contributed by atoms with E-state index in [4.69, 9.17) is 28.3 Å². The molecule has 96 valence electrons. The number of amides is 1. The van der Waals surface area contributed by atoms with Crippen LogP contribution in [0, 0.1) is 5.92 Å². The summed E-state index contributed by atoms with van der Waals surface area (Å²) in [6.07, 6.45) is 0.435. The van der Waals surface area contributed by atoms with Crippen molar-refractivity contribution in [3.05, 3.63) is 21.9 Å². The van der Waals surface area contributed by atoms with Crippen LogP contribution in [0.25, 0.3) is 0 Å². The largest absolute Gasteiger partial charge is 0.481 e. The van der Waals surface area contributed by atoms with Gasteiger partial charge >= 0.3 is 5.97 Å². The van der Waals surface area contributed by atoms with Gasteiger partial charge in [-0.25, -0.2) is 0 Å². The fraction of sp³-hybridized carbons (Fsp3) is 0.400. The van der Waals surface area contributed by atoms with E-state index in [0.29, 0.717) is 13.0 Å². The highest BCUT2D eigenvalue weighted by Crippen LogP contribution is 2.22. The third-order valence-corrected chi connectivity index (χ3v) is 3.24. The first-order valence-corrected chi connectivity index (χ1v) is 5.95. The maximum atomic E-state index is 12.1. The number of halogens is 2. The Morgan fingerprint density at radius 3 is 2.72 bits per heavy atom. The molecule has 0 saturated carbocycles. The summed E-state index contributed by atoms with van der Waals surface area (Å²) in [5, 5.41) is 16.0. The molecule has 1 unspecified atom stereocenters. The first-order valence-electron chi connectivity index (χ1n) is 5.20. The fourth-order valence-corrected chi connectivity index (χ4v) is 2.14. The number of hydrogen-bond acceptors (Lipinski definition) is 4. The van der Waals surface area contributed by atoms with Crippen LogP contribution in [0.15, 0.2) is 6.07 Å². The van der Waals surface area contributed by atoms with Gasteiger partial charge in [0.25, 0.3) is 5.91 Å². The lowest BCUT2D eigenvalue weighted by molar-refractivity contribution is -0.141. The summed E-state index contributed by atoms with van der Waals surface area (Å²) in [4.78, 5) is 24.4. The van der Waals surface area contributed by atoms with Crippen molar-refractivity contribution < 1.29 is 14.7 Å². The summed E-state index contributed by atoms with van der Waals surface area (Å²) in [6.45, 7) is 0.552. The molecule has 0 bridgehead atoms. The Morgan fingerprint density at radius 2 is 2.11 bits per heavy atom. The van der Waals surface area contributed by atoms with Gasteiger partial charge in [0.15, 0.2) is 10.3 Å². The molecule has 1 aliphatic heterocycles. The van der Waals surface area contributed by atoms with Crippen LogP contribution in [-0.2, 0) is 4.79 Å². The fourth-order valence-electron chi connectivity index (χ4n) is 1.82. The second kappa shape index (κ2) is 5.07. The second-order valence-electron chi connectivity index (χ2n) is 3.95. The molecule has 18 heavy (non-hydrogen) atoms. The Balaban J connectivity index is 2.17. The molecule has 1 N–H and O–H groups in total. The predicted octanol–water partition coefficient (Wildman–Crippen LogP) is 1.33. The van der Waals surface area contributed by atoms with E-state index >= 15 is 0 Å². The zero-order chi connectivity index (χ0) is 13.3. The van der Waals surface area contributed by atoms with Crippen LogP contribution in [0.1, 0.15) is 16.8 Å². The van der Waals surface area contributed by atoms with Gasteiger partial charge in [0, 0.05) is 13.1 Å². The first kappa shape index (κ1) is 13.0. The number of rotatable bonds is 2. The summed E-state index contributed by atoms with van der Waals surface area (Å²) in [5.74, 6) is -1.80. The van der Waals surface area contributed by atoms with E-state index in [-0.39, 0.29) is 28.3 Å². The molecule has 0 spiro atoms. The molecule has 1 fully saturated rings. The van der Waals surface area contributed by atoms with Crippen molar-refractivity contribution in [1.29, 1.82) is 0 Å². The van der Waals surface area contributed by atoms with Crippen LogP contribution in [0.5, 0.6) is 0 Å². The van der Waals surface area contributed by atoms with Gasteiger partial charge in [-0.15, -0.1) is 10.2 Å². The van der Waals surface area contributed by atoms with Crippen molar-refractivity contribution in [2.75, 3.05) is 13.1 Å². The topological polar surface area (TPSA) is 83.4 Å². The number of aromatic nitrogens is 2. The van der Waals surface area contributed by atoms with Gasteiger partial charge in [-0.1, -0.05) is 23.2 Å². The zero-order valence-electron chi connectivity index (χ0n) is 9.14. The van der Waals surface area contributed by atoms with E-state index in [1.807, 2.05) is 0 Å². The number of aliphatic carboxylic acids is 1. The van der Waals surface area contributed by atoms with E-state index in [1.165, 1.54) is 11.0 Å². The number of nitrogens with zero attached hydrogens (tertiary/aromatic N) is 3. The SMILES string of the molecule is O=C(O)C1CCN(C(=O)c2cc(Cl)nnc2Cl)C1. The molecule has 1 aliphatic rings. The van der Waals surface area contributed by atoms with Gasteiger partial charge in [0.05, 0.1) is 11.5 Å². The number of carbonyl (C=O) groups excluding carboxylic acids is 1. The minimum atomic E-state index is -0.901. The highest BCUT2D eigenvalue weighted by Gasteiger charge is 2.32. The van der Waals surface area contributed by atoms with Gasteiger partial charge in [0.1, 0.15) is 0 Å². The second-order valence-corrected chi connectivity index (χ2v) is 4.69. The van der Waals surface area contributed by atoms with Crippen LogP contribution in [0.3, 0.4) is 0 Å². The van der Waals surface area contributed by atoms with E-state index in [2.05, 4.69) is 10.2 Å². The number of carbonyl (C=O) groups is 2. The van der Waals surface area contributed by atoms with Crippen LogP contribution >= 0.6 is 23.2 Å². The van der Waals surface area contributed by atoms with Gasteiger partial charge in [-0.3, -0.25) is 9.59 Å². The minimum Gasteiger partial charge on any atom is -0.481 e. The van der Waals surface area contributed by atoms with Gasteiger partial charge in [-0.05, 0) is 12.5 Å². The van der Waals surface area contributed by atoms with Gasteiger partial charge in [0.2, 0.25) is 0 Å². The molecule has 1 saturated heterocycles. The zero-order valence-corrected chi connectivity index (χ0v) is 10.6. The van der Waals surface area contributed by atoms with Crippen LogP contribution in [-0.4, -0.2) is 45.2 Å². The third-order valence-electron chi connectivity index (χ3n) is 2.77. The molecule has 8 heteroatoms. The molecule has 2 rings (SSSR count). The number of likely N-dealkylation sites (tertiary alicyclic amines) is 1. The molecule has 0 aromatic carbocycles. The quantitative estimate of drug-likeness (QED) is 0.888. The molecule has 0 aliphatic carbocycles. The summed E-state index contributed by atoms with van der Waals surface area (Å²) in [7, 11) is 0. The van der Waals surface area contributed by atoms with E-state index in [1.54, 1.807) is 0 Å². The normalized spacial score (nSPS) is 19.0. The van der Waals surface area contributed by atoms with Crippen LogP contribution in [0.2, 0.25) is 10.3 Å². The van der Waals surface area contributed by atoms with Crippen molar-refractivity contribution in [2.45, 2.75) is 6.42 Å². The minimum absolute atomic E-state index is 0.0387.